The average molecular weight is 1110 g/mol. The van der Waals surface area contributed by atoms with E-state index in [4.69, 9.17) is 4.74 Å². The number of phenols is 2. The molecular formula is C61H61N9O12. The number of nitrogens with one attached hydrogen (secondary N) is 8. The third kappa shape index (κ3) is 16.4. The monoisotopic (exact) mass is 1110 g/mol. The number of aromatic amines is 1. The van der Waals surface area contributed by atoms with Crippen LogP contribution in [0.25, 0.3) is 11.1 Å². The molecule has 0 aliphatic heterocycles. The molecule has 11 N–H and O–H groups in total. The Hall–Kier alpha value is -10.3. The van der Waals surface area contributed by atoms with Crippen molar-refractivity contribution in [1.82, 2.24) is 47.2 Å². The van der Waals surface area contributed by atoms with E-state index in [0.29, 0.717) is 27.9 Å². The number of nitrogens with zero attached hydrogens (tertiary/aromatic N) is 1. The summed E-state index contributed by atoms with van der Waals surface area (Å²) in [6.07, 6.45) is 1.34. The van der Waals surface area contributed by atoms with Crippen molar-refractivity contribution in [3.8, 4) is 22.6 Å². The van der Waals surface area contributed by atoms with Crippen LogP contribution in [-0.4, -0.2) is 123 Å². The van der Waals surface area contributed by atoms with Crippen LogP contribution in [0.15, 0.2) is 170 Å². The number of amides is 7. The van der Waals surface area contributed by atoms with Gasteiger partial charge in [0.25, 0.3) is 0 Å². The van der Waals surface area contributed by atoms with Crippen LogP contribution in [0.3, 0.4) is 0 Å². The van der Waals surface area contributed by atoms with Crippen LogP contribution in [0.2, 0.25) is 0 Å². The number of ether oxygens (including phenoxy) is 1. The van der Waals surface area contributed by atoms with Crippen LogP contribution in [-0.2, 0) is 70.4 Å². The number of hydrogen-bond acceptors (Lipinski definition) is 12. The van der Waals surface area contributed by atoms with Gasteiger partial charge in [-0.25, -0.2) is 14.6 Å². The number of carboxylic acid groups (broad SMARTS) is 1. The smallest absolute Gasteiger partial charge is 0.407 e. The summed E-state index contributed by atoms with van der Waals surface area (Å²) in [7, 11) is 0. The minimum atomic E-state index is -1.43. The van der Waals surface area contributed by atoms with E-state index in [1.165, 1.54) is 61.1 Å². The number of rotatable bonds is 26. The van der Waals surface area contributed by atoms with Crippen LogP contribution in [0.1, 0.15) is 45.0 Å². The lowest BCUT2D eigenvalue weighted by atomic mass is 9.98. The fourth-order valence-electron chi connectivity index (χ4n) is 9.49. The molecule has 6 aromatic carbocycles. The van der Waals surface area contributed by atoms with E-state index >= 15 is 0 Å². The molecule has 82 heavy (non-hydrogen) atoms. The first-order chi connectivity index (χ1) is 39.6. The highest BCUT2D eigenvalue weighted by Gasteiger charge is 2.33. The zero-order chi connectivity index (χ0) is 58.0. The van der Waals surface area contributed by atoms with Crippen molar-refractivity contribution in [3.63, 3.8) is 0 Å². The lowest BCUT2D eigenvalue weighted by Gasteiger charge is -2.26. The maximum Gasteiger partial charge on any atom is 0.407 e. The molecule has 5 atom stereocenters. The fraction of sp³-hybridized carbons (Fsp3) is 0.230. The molecule has 1 aliphatic rings. The summed E-state index contributed by atoms with van der Waals surface area (Å²) in [6, 6.07) is 38.0. The first-order valence-corrected chi connectivity index (χ1v) is 26.4. The average Bonchev–Trinajstić information content (AvgIpc) is 4.34. The molecule has 0 radical (unpaired) electrons. The Morgan fingerprint density at radius 2 is 0.866 bits per heavy atom. The van der Waals surface area contributed by atoms with Crippen molar-refractivity contribution >= 4 is 47.5 Å². The number of carboxylic acids is 1. The van der Waals surface area contributed by atoms with Crippen molar-refractivity contribution in [1.29, 1.82) is 0 Å². The Morgan fingerprint density at radius 3 is 1.34 bits per heavy atom. The molecule has 8 rings (SSSR count). The number of aromatic nitrogens is 2. The van der Waals surface area contributed by atoms with Crippen LogP contribution in [0.5, 0.6) is 11.5 Å². The van der Waals surface area contributed by atoms with Gasteiger partial charge in [0, 0.05) is 49.9 Å². The van der Waals surface area contributed by atoms with E-state index in [-0.39, 0.29) is 56.1 Å². The molecule has 21 heteroatoms. The zero-order valence-corrected chi connectivity index (χ0v) is 44.2. The molecule has 1 aromatic heterocycles. The summed E-state index contributed by atoms with van der Waals surface area (Å²) in [5.74, 6) is -6.57. The van der Waals surface area contributed by atoms with Gasteiger partial charge >= 0.3 is 12.1 Å². The van der Waals surface area contributed by atoms with Gasteiger partial charge in [0.05, 0.1) is 12.9 Å². The number of carbonyl (C=O) groups excluding carboxylic acids is 7. The van der Waals surface area contributed by atoms with Gasteiger partial charge in [0.1, 0.15) is 54.9 Å². The quantitative estimate of drug-likeness (QED) is 0.0371. The van der Waals surface area contributed by atoms with Crippen molar-refractivity contribution in [2.24, 2.45) is 0 Å². The van der Waals surface area contributed by atoms with Gasteiger partial charge in [-0.15, -0.1) is 0 Å². The van der Waals surface area contributed by atoms with Gasteiger partial charge in [-0.3, -0.25) is 28.8 Å². The molecule has 0 saturated heterocycles. The van der Waals surface area contributed by atoms with E-state index in [9.17, 15) is 53.7 Å². The summed E-state index contributed by atoms with van der Waals surface area (Å²) in [5, 5.41) is 47.9. The lowest BCUT2D eigenvalue weighted by molar-refractivity contribution is -0.142. The van der Waals surface area contributed by atoms with Gasteiger partial charge in [0.15, 0.2) is 0 Å². The third-order valence-electron chi connectivity index (χ3n) is 13.6. The summed E-state index contributed by atoms with van der Waals surface area (Å²) in [4.78, 5) is 116. The highest BCUT2D eigenvalue weighted by Crippen LogP contribution is 2.44. The fourth-order valence-corrected chi connectivity index (χ4v) is 9.49. The SMILES string of the molecule is O=C(CNC(=O)[C@H](Cc1ccc(O)cc1)NC(=O)C(Cc1ccccc1)NC(=O)[C@H](Cc1ccccc1)NC(=O)CNC(=O)OCC1c2ccccc2-c2ccccc21)N[C@@H](Cc1cnc[nH]1)C(=O)NC(Cc1ccc(O)cc1)C(=O)O. The predicted molar refractivity (Wildman–Crippen MR) is 300 cm³/mol. The molecule has 1 heterocycles. The number of phenolic OH excluding ortho intramolecular Hbond substituents is 2. The number of carbonyl (C=O) groups is 8. The second-order valence-electron chi connectivity index (χ2n) is 19.6. The van der Waals surface area contributed by atoms with Crippen molar-refractivity contribution in [2.45, 2.75) is 68.2 Å². The van der Waals surface area contributed by atoms with Gasteiger partial charge in [-0.2, -0.15) is 0 Å². The molecule has 2 unspecified atom stereocenters. The van der Waals surface area contributed by atoms with Crippen molar-refractivity contribution in [3.05, 3.63) is 209 Å². The molecular weight excluding hydrogens is 1050 g/mol. The van der Waals surface area contributed by atoms with Gasteiger partial charge in [-0.05, 0) is 68.8 Å². The maximum atomic E-state index is 14.6. The summed E-state index contributed by atoms with van der Waals surface area (Å²) in [6.45, 7) is -1.26. The second kappa shape index (κ2) is 28.0. The Balaban J connectivity index is 0.938. The van der Waals surface area contributed by atoms with E-state index in [2.05, 4.69) is 47.2 Å². The van der Waals surface area contributed by atoms with Gasteiger partial charge in [-0.1, -0.05) is 133 Å². The van der Waals surface area contributed by atoms with Crippen LogP contribution in [0, 0.1) is 0 Å². The molecule has 422 valence electrons. The Kier molecular flexibility index (Phi) is 19.8. The summed E-state index contributed by atoms with van der Waals surface area (Å²) in [5.41, 5.74) is 6.81. The number of fused-ring (bicyclic) bond motifs is 3. The number of hydrogen-bond donors (Lipinski definition) is 11. The number of H-pyrrole nitrogens is 1. The number of alkyl carbamates (subject to hydrolysis) is 1. The minimum Gasteiger partial charge on any atom is -0.508 e. The number of aromatic hydroxyl groups is 2. The first kappa shape index (κ1) is 57.9. The van der Waals surface area contributed by atoms with E-state index in [1.807, 2.05) is 48.5 Å². The molecule has 21 nitrogen and oxygen atoms in total. The molecule has 7 amide bonds. The van der Waals surface area contributed by atoms with E-state index < -0.39 is 90.8 Å². The van der Waals surface area contributed by atoms with Gasteiger partial charge < -0.3 is 62.3 Å². The molecule has 0 bridgehead atoms. The highest BCUT2D eigenvalue weighted by atomic mass is 16.5. The first-order valence-electron chi connectivity index (χ1n) is 26.4. The predicted octanol–water partition coefficient (Wildman–Crippen LogP) is 3.50. The van der Waals surface area contributed by atoms with E-state index in [1.54, 1.807) is 60.7 Å². The van der Waals surface area contributed by atoms with Crippen LogP contribution < -0.4 is 37.2 Å². The highest BCUT2D eigenvalue weighted by molar-refractivity contribution is 5.96. The normalized spacial score (nSPS) is 13.3. The number of aliphatic carboxylic acids is 1. The molecule has 0 saturated carbocycles. The second-order valence-corrected chi connectivity index (χ2v) is 19.6. The minimum absolute atomic E-state index is 0.00904. The summed E-state index contributed by atoms with van der Waals surface area (Å²) < 4.78 is 5.62. The van der Waals surface area contributed by atoms with Crippen LogP contribution in [0.4, 0.5) is 4.79 Å². The molecule has 7 aromatic rings. The standard InChI is InChI=1S/C61H61N9O12/c71-42-23-19-39(20-24-42)29-49(56(75)63-33-54(73)67-52(31-41-32-62-36-65-41)59(78)70-53(60(79)80)30-40-21-25-43(72)26-22-40)68-58(77)51(28-38-13-5-2-6-14-38)69-57(76)50(27-37-11-3-1-4-12-37)66-55(74)34-64-61(81)82-35-48-46-17-9-7-15-44(46)45-16-8-10-18-47(45)48/h1-26,32,36,48-53,71-72H,27-31,33-35H2,(H,62,65)(H,63,75)(H,64,81)(H,66,74)(H,67,73)(H,68,77)(H,69,76)(H,70,78)(H,79,80)/t49-,50-,51?,52-,53?/m0/s1. The largest absolute Gasteiger partial charge is 0.508 e. The van der Waals surface area contributed by atoms with Crippen molar-refractivity contribution < 1.29 is 58.4 Å². The lowest BCUT2D eigenvalue weighted by Crippen LogP contribution is -2.59. The summed E-state index contributed by atoms with van der Waals surface area (Å²) >= 11 is 0. The van der Waals surface area contributed by atoms with Gasteiger partial charge in [0.2, 0.25) is 35.4 Å². The molecule has 0 fully saturated rings. The maximum absolute atomic E-state index is 14.6. The molecule has 1 aliphatic carbocycles. The van der Waals surface area contributed by atoms with Crippen molar-refractivity contribution in [2.75, 3.05) is 19.7 Å². The zero-order valence-electron chi connectivity index (χ0n) is 44.2. The topological polar surface area (TPSA) is 319 Å². The Labute approximate surface area is 471 Å². The number of imidazole rings is 1. The van der Waals surface area contributed by atoms with Crippen LogP contribution >= 0.6 is 0 Å². The van der Waals surface area contributed by atoms with E-state index in [0.717, 1.165) is 22.3 Å². The Morgan fingerprint density at radius 1 is 0.463 bits per heavy atom. The molecule has 0 spiro atoms. The Bertz CT molecular complexity index is 3300. The number of benzene rings is 6. The third-order valence-corrected chi connectivity index (χ3v) is 13.6.